The molecule has 20 heavy (non-hydrogen) atoms. The number of nitro groups is 1. The molecule has 2 rings (SSSR count). The normalized spacial score (nSPS) is 17.7. The lowest BCUT2D eigenvalue weighted by Gasteiger charge is -2.17. The molecule has 0 aliphatic carbocycles. The lowest BCUT2D eigenvalue weighted by molar-refractivity contribution is -0.385. The zero-order valence-corrected chi connectivity index (χ0v) is 12.4. The largest absolute Gasteiger partial charge is 0.337 e. The number of benzene rings is 1. The summed E-state index contributed by atoms with van der Waals surface area (Å²) in [4.78, 5) is 24.4. The van der Waals surface area contributed by atoms with Crippen molar-refractivity contribution in [2.24, 2.45) is 0 Å². The van der Waals surface area contributed by atoms with Crippen LogP contribution in [0, 0.1) is 10.1 Å². The summed E-state index contributed by atoms with van der Waals surface area (Å²) in [5.41, 5.74) is -0.267. The van der Waals surface area contributed by atoms with Gasteiger partial charge in [0.2, 0.25) is 0 Å². The molecule has 1 heterocycles. The Balaban J connectivity index is 0.00000200. The summed E-state index contributed by atoms with van der Waals surface area (Å²) in [5, 5.41) is 14.2. The summed E-state index contributed by atoms with van der Waals surface area (Å²) >= 11 is 5.95. The van der Waals surface area contributed by atoms with E-state index in [0.29, 0.717) is 13.1 Å². The fourth-order valence-electron chi connectivity index (χ4n) is 2.22. The van der Waals surface area contributed by atoms with Gasteiger partial charge in [0.1, 0.15) is 5.56 Å². The second-order valence-corrected chi connectivity index (χ2v) is 4.82. The fraction of sp³-hybridized carbons (Fsp3) is 0.417. The number of carbonyl (C=O) groups is 1. The first-order valence-electron chi connectivity index (χ1n) is 5.94. The third-order valence-electron chi connectivity index (χ3n) is 3.29. The minimum atomic E-state index is -0.579. The van der Waals surface area contributed by atoms with Crippen molar-refractivity contribution < 1.29 is 9.72 Å². The first-order valence-corrected chi connectivity index (χ1v) is 6.32. The Labute approximate surface area is 127 Å². The molecule has 1 N–H and O–H groups in total. The molecule has 1 saturated heterocycles. The lowest BCUT2D eigenvalue weighted by atomic mass is 10.1. The van der Waals surface area contributed by atoms with Gasteiger partial charge >= 0.3 is 0 Å². The molecule has 1 amide bonds. The average molecular weight is 320 g/mol. The maximum atomic E-state index is 12.4. The van der Waals surface area contributed by atoms with Gasteiger partial charge < -0.3 is 10.2 Å². The lowest BCUT2D eigenvalue weighted by Crippen LogP contribution is -2.33. The van der Waals surface area contributed by atoms with Gasteiger partial charge in [-0.25, -0.2) is 0 Å². The van der Waals surface area contributed by atoms with Crippen LogP contribution in [0.1, 0.15) is 16.8 Å². The molecule has 1 unspecified atom stereocenters. The Morgan fingerprint density at radius 2 is 2.25 bits per heavy atom. The molecule has 1 aliphatic rings. The van der Waals surface area contributed by atoms with E-state index < -0.39 is 4.92 Å². The van der Waals surface area contributed by atoms with Gasteiger partial charge in [0.05, 0.1) is 9.95 Å². The summed E-state index contributed by atoms with van der Waals surface area (Å²) in [6.45, 7) is 1.12. The highest BCUT2D eigenvalue weighted by atomic mass is 35.5. The predicted molar refractivity (Wildman–Crippen MR) is 78.7 cm³/mol. The van der Waals surface area contributed by atoms with Crippen molar-refractivity contribution in [1.82, 2.24) is 10.2 Å². The van der Waals surface area contributed by atoms with Crippen molar-refractivity contribution in [2.75, 3.05) is 20.1 Å². The molecular formula is C12H15Cl2N3O3. The molecule has 110 valence electrons. The van der Waals surface area contributed by atoms with E-state index in [-0.39, 0.29) is 40.6 Å². The van der Waals surface area contributed by atoms with Crippen LogP contribution in [-0.4, -0.2) is 41.9 Å². The number of carbonyl (C=O) groups excluding carboxylic acids is 1. The number of hydrogen-bond acceptors (Lipinski definition) is 4. The van der Waals surface area contributed by atoms with E-state index in [1.165, 1.54) is 18.2 Å². The van der Waals surface area contributed by atoms with E-state index in [4.69, 9.17) is 11.6 Å². The van der Waals surface area contributed by atoms with E-state index in [0.717, 1.165) is 6.42 Å². The van der Waals surface area contributed by atoms with E-state index >= 15 is 0 Å². The Hall–Kier alpha value is -1.37. The van der Waals surface area contributed by atoms with Crippen molar-refractivity contribution in [1.29, 1.82) is 0 Å². The Morgan fingerprint density at radius 3 is 2.80 bits per heavy atom. The van der Waals surface area contributed by atoms with E-state index in [9.17, 15) is 14.9 Å². The number of hydrogen-bond donors (Lipinski definition) is 1. The van der Waals surface area contributed by atoms with Gasteiger partial charge in [-0.3, -0.25) is 14.9 Å². The average Bonchev–Trinajstić information content (AvgIpc) is 2.86. The van der Waals surface area contributed by atoms with Crippen molar-refractivity contribution in [3.05, 3.63) is 38.9 Å². The quantitative estimate of drug-likeness (QED) is 0.683. The molecule has 1 fully saturated rings. The highest BCUT2D eigenvalue weighted by molar-refractivity contribution is 6.34. The predicted octanol–water partition coefficient (Wildman–Crippen LogP) is 2.10. The zero-order chi connectivity index (χ0) is 14.0. The van der Waals surface area contributed by atoms with Gasteiger partial charge in [0.25, 0.3) is 11.6 Å². The molecule has 0 spiro atoms. The number of rotatable bonds is 3. The Kier molecular flexibility index (Phi) is 5.74. The van der Waals surface area contributed by atoms with Gasteiger partial charge in [-0.15, -0.1) is 12.4 Å². The maximum absolute atomic E-state index is 12.4. The van der Waals surface area contributed by atoms with Gasteiger partial charge in [0, 0.05) is 25.2 Å². The Morgan fingerprint density at radius 1 is 1.55 bits per heavy atom. The molecule has 0 radical (unpaired) electrons. The number of nitrogens with zero attached hydrogens (tertiary/aromatic N) is 2. The molecule has 8 heteroatoms. The van der Waals surface area contributed by atoms with Crippen LogP contribution < -0.4 is 5.32 Å². The third-order valence-corrected chi connectivity index (χ3v) is 3.60. The highest BCUT2D eigenvalue weighted by Gasteiger charge is 2.31. The molecular weight excluding hydrogens is 305 g/mol. The van der Waals surface area contributed by atoms with Crippen LogP contribution in [0.3, 0.4) is 0 Å². The first kappa shape index (κ1) is 16.7. The van der Waals surface area contributed by atoms with Crippen molar-refractivity contribution in [2.45, 2.75) is 12.5 Å². The van der Waals surface area contributed by atoms with Gasteiger partial charge in [0.15, 0.2) is 0 Å². The van der Waals surface area contributed by atoms with E-state index in [1.807, 2.05) is 7.05 Å². The second kappa shape index (κ2) is 6.88. The van der Waals surface area contributed by atoms with Crippen molar-refractivity contribution in [3.63, 3.8) is 0 Å². The molecule has 1 aliphatic heterocycles. The van der Waals surface area contributed by atoms with Crippen LogP contribution in [0.2, 0.25) is 5.02 Å². The standard InChI is InChI=1S/C12H14ClN3O3.ClH/c1-14-8-5-6-15(7-8)12(17)11-9(13)3-2-4-10(11)16(18)19;/h2-4,8,14H,5-7H2,1H3;1H. The van der Waals surface area contributed by atoms with Crippen LogP contribution in [0.4, 0.5) is 5.69 Å². The minimum absolute atomic E-state index is 0. The molecule has 1 aromatic carbocycles. The Bertz CT molecular complexity index is 525. The smallest absolute Gasteiger partial charge is 0.283 e. The summed E-state index contributed by atoms with van der Waals surface area (Å²) in [5.74, 6) is -0.380. The summed E-state index contributed by atoms with van der Waals surface area (Å²) in [6.07, 6.45) is 0.834. The second-order valence-electron chi connectivity index (χ2n) is 4.42. The van der Waals surface area contributed by atoms with Gasteiger partial charge in [-0.1, -0.05) is 17.7 Å². The van der Waals surface area contributed by atoms with E-state index in [1.54, 1.807) is 4.90 Å². The summed E-state index contributed by atoms with van der Waals surface area (Å²) in [6, 6.07) is 4.49. The van der Waals surface area contributed by atoms with Crippen LogP contribution >= 0.6 is 24.0 Å². The summed E-state index contributed by atoms with van der Waals surface area (Å²) in [7, 11) is 1.83. The molecule has 0 aromatic heterocycles. The van der Waals surface area contributed by atoms with Crippen molar-refractivity contribution in [3.8, 4) is 0 Å². The van der Waals surface area contributed by atoms with Crippen LogP contribution in [0.15, 0.2) is 18.2 Å². The number of likely N-dealkylation sites (N-methyl/N-ethyl adjacent to an activating group) is 1. The maximum Gasteiger partial charge on any atom is 0.283 e. The summed E-state index contributed by atoms with van der Waals surface area (Å²) < 4.78 is 0. The van der Waals surface area contributed by atoms with Gasteiger partial charge in [-0.05, 0) is 19.5 Å². The fourth-order valence-corrected chi connectivity index (χ4v) is 2.47. The molecule has 1 atom stereocenters. The number of likely N-dealkylation sites (tertiary alicyclic amines) is 1. The minimum Gasteiger partial charge on any atom is -0.337 e. The van der Waals surface area contributed by atoms with Crippen molar-refractivity contribution >= 4 is 35.6 Å². The zero-order valence-electron chi connectivity index (χ0n) is 10.8. The third kappa shape index (κ3) is 3.20. The van der Waals surface area contributed by atoms with Gasteiger partial charge in [-0.2, -0.15) is 0 Å². The molecule has 0 bridgehead atoms. The number of halogens is 2. The van der Waals surface area contributed by atoms with Crippen LogP contribution in [0.5, 0.6) is 0 Å². The van der Waals surface area contributed by atoms with Crippen LogP contribution in [0.25, 0.3) is 0 Å². The topological polar surface area (TPSA) is 75.5 Å². The molecule has 0 saturated carbocycles. The number of nitro benzene ring substituents is 1. The highest BCUT2D eigenvalue weighted by Crippen LogP contribution is 2.28. The van der Waals surface area contributed by atoms with Crippen LogP contribution in [-0.2, 0) is 0 Å². The monoisotopic (exact) mass is 319 g/mol. The molecule has 6 nitrogen and oxygen atoms in total. The van der Waals surface area contributed by atoms with E-state index in [2.05, 4.69) is 5.32 Å². The first-order chi connectivity index (χ1) is 9.04. The SMILES string of the molecule is CNC1CCN(C(=O)c2c(Cl)cccc2[N+](=O)[O-])C1.Cl. The number of nitrogens with one attached hydrogen (secondary N) is 1. The molecule has 1 aromatic rings. The number of amides is 1.